The Kier molecular flexibility index (Phi) is 5.29. The lowest BCUT2D eigenvalue weighted by Gasteiger charge is -2.34. The molecule has 1 heterocycles. The monoisotopic (exact) mass is 386 g/mol. The van der Waals surface area contributed by atoms with E-state index in [1.54, 1.807) is 4.90 Å². The first kappa shape index (κ1) is 19.4. The average molecular weight is 387 g/mol. The summed E-state index contributed by atoms with van der Waals surface area (Å²) >= 11 is 0. The molecular formula is C21H26N2O3S. The molecule has 1 aliphatic rings. The first-order chi connectivity index (χ1) is 12.7. The SMILES string of the molecule is CC[C@@H](C(=O)N1CCc2ccccc21)N(c1cc(C)ccc1C)S(C)(=O)=O. The van der Waals surface area contributed by atoms with E-state index in [0.717, 1.165) is 28.8 Å². The smallest absolute Gasteiger partial charge is 0.250 e. The van der Waals surface area contributed by atoms with Crippen LogP contribution < -0.4 is 9.21 Å². The summed E-state index contributed by atoms with van der Waals surface area (Å²) in [6.45, 7) is 6.23. The molecule has 5 nitrogen and oxygen atoms in total. The van der Waals surface area contributed by atoms with E-state index in [4.69, 9.17) is 0 Å². The van der Waals surface area contributed by atoms with Crippen LogP contribution in [0.5, 0.6) is 0 Å². The van der Waals surface area contributed by atoms with E-state index >= 15 is 0 Å². The number of anilines is 2. The van der Waals surface area contributed by atoms with Gasteiger partial charge in [0.2, 0.25) is 10.0 Å². The van der Waals surface area contributed by atoms with Crippen LogP contribution in [0.4, 0.5) is 11.4 Å². The van der Waals surface area contributed by atoms with Gasteiger partial charge < -0.3 is 4.90 Å². The van der Waals surface area contributed by atoms with Crippen LogP contribution in [0.1, 0.15) is 30.0 Å². The molecule has 6 heteroatoms. The van der Waals surface area contributed by atoms with Crippen LogP contribution in [-0.4, -0.2) is 33.2 Å². The fourth-order valence-electron chi connectivity index (χ4n) is 3.72. The van der Waals surface area contributed by atoms with Gasteiger partial charge in [-0.05, 0) is 55.5 Å². The van der Waals surface area contributed by atoms with E-state index in [2.05, 4.69) is 0 Å². The van der Waals surface area contributed by atoms with E-state index in [1.807, 2.05) is 63.2 Å². The lowest BCUT2D eigenvalue weighted by Crippen LogP contribution is -2.50. The highest BCUT2D eigenvalue weighted by atomic mass is 32.2. The van der Waals surface area contributed by atoms with Crippen LogP contribution in [0.15, 0.2) is 42.5 Å². The maximum atomic E-state index is 13.4. The molecule has 0 aromatic heterocycles. The van der Waals surface area contributed by atoms with Crippen molar-refractivity contribution in [3.63, 3.8) is 0 Å². The number of hydrogen-bond acceptors (Lipinski definition) is 3. The van der Waals surface area contributed by atoms with Gasteiger partial charge in [0.05, 0.1) is 11.9 Å². The van der Waals surface area contributed by atoms with Crippen LogP contribution >= 0.6 is 0 Å². The second-order valence-corrected chi connectivity index (χ2v) is 9.00. The van der Waals surface area contributed by atoms with E-state index in [9.17, 15) is 13.2 Å². The fraction of sp³-hybridized carbons (Fsp3) is 0.381. The Morgan fingerprint density at radius 2 is 1.89 bits per heavy atom. The zero-order valence-corrected chi connectivity index (χ0v) is 17.1. The molecule has 1 atom stereocenters. The maximum absolute atomic E-state index is 13.4. The van der Waals surface area contributed by atoms with Crippen molar-refractivity contribution in [2.45, 2.75) is 39.7 Å². The zero-order chi connectivity index (χ0) is 19.8. The molecule has 0 saturated carbocycles. The van der Waals surface area contributed by atoms with E-state index in [-0.39, 0.29) is 5.91 Å². The lowest BCUT2D eigenvalue weighted by atomic mass is 10.1. The summed E-state index contributed by atoms with van der Waals surface area (Å²) < 4.78 is 26.7. The maximum Gasteiger partial charge on any atom is 0.250 e. The third kappa shape index (κ3) is 3.72. The number of fused-ring (bicyclic) bond motifs is 1. The Hall–Kier alpha value is -2.34. The normalized spacial score (nSPS) is 14.7. The summed E-state index contributed by atoms with van der Waals surface area (Å²) in [6.07, 6.45) is 2.36. The minimum absolute atomic E-state index is 0.172. The van der Waals surface area contributed by atoms with Crippen molar-refractivity contribution in [2.24, 2.45) is 0 Å². The molecule has 0 aliphatic carbocycles. The Balaban J connectivity index is 2.05. The molecule has 0 fully saturated rings. The van der Waals surface area contributed by atoms with Crippen molar-refractivity contribution in [3.8, 4) is 0 Å². The number of amides is 1. The second-order valence-electron chi connectivity index (χ2n) is 7.14. The number of nitrogens with zero attached hydrogens (tertiary/aromatic N) is 2. The standard InChI is InChI=1S/C21H26N2O3S/c1-5-18(21(24)22-13-12-17-8-6-7-9-19(17)22)23(27(4,25)26)20-14-15(2)10-11-16(20)3/h6-11,14,18H,5,12-13H2,1-4H3/t18-/m0/s1. The van der Waals surface area contributed by atoms with Crippen LogP contribution in [0.25, 0.3) is 0 Å². The Bertz CT molecular complexity index is 969. The van der Waals surface area contributed by atoms with Crippen molar-refractivity contribution in [1.29, 1.82) is 0 Å². The quantitative estimate of drug-likeness (QED) is 0.791. The van der Waals surface area contributed by atoms with Crippen LogP contribution in [0, 0.1) is 13.8 Å². The summed E-state index contributed by atoms with van der Waals surface area (Å²) in [5.41, 5.74) is 4.37. The molecule has 2 aromatic rings. The molecule has 2 aromatic carbocycles. The summed E-state index contributed by atoms with van der Waals surface area (Å²) in [6, 6.07) is 12.7. The van der Waals surface area contributed by atoms with Gasteiger partial charge in [0.25, 0.3) is 5.91 Å². The van der Waals surface area contributed by atoms with Crippen LogP contribution in [0.3, 0.4) is 0 Å². The van der Waals surface area contributed by atoms with Crippen molar-refractivity contribution in [1.82, 2.24) is 0 Å². The van der Waals surface area contributed by atoms with Crippen molar-refractivity contribution < 1.29 is 13.2 Å². The second kappa shape index (κ2) is 7.35. The number of hydrogen-bond donors (Lipinski definition) is 0. The van der Waals surface area contributed by atoms with Crippen LogP contribution in [0.2, 0.25) is 0 Å². The highest BCUT2D eigenvalue weighted by Crippen LogP contribution is 2.32. The predicted molar refractivity (Wildman–Crippen MR) is 110 cm³/mol. The van der Waals surface area contributed by atoms with Gasteiger partial charge in [-0.1, -0.05) is 37.3 Å². The summed E-state index contributed by atoms with van der Waals surface area (Å²) in [7, 11) is -3.63. The minimum Gasteiger partial charge on any atom is -0.310 e. The van der Waals surface area contributed by atoms with Crippen molar-refractivity contribution in [3.05, 3.63) is 59.2 Å². The molecule has 0 bridgehead atoms. The summed E-state index contributed by atoms with van der Waals surface area (Å²) in [5.74, 6) is -0.172. The summed E-state index contributed by atoms with van der Waals surface area (Å²) in [4.78, 5) is 15.1. The molecule has 0 radical (unpaired) electrons. The first-order valence-electron chi connectivity index (χ1n) is 9.20. The number of aryl methyl sites for hydroxylation is 2. The third-order valence-electron chi connectivity index (χ3n) is 5.07. The number of para-hydroxylation sites is 1. The third-order valence-corrected chi connectivity index (χ3v) is 6.23. The van der Waals surface area contributed by atoms with Crippen LogP contribution in [-0.2, 0) is 21.2 Å². The highest BCUT2D eigenvalue weighted by Gasteiger charge is 2.37. The number of sulfonamides is 1. The molecular weight excluding hydrogens is 360 g/mol. The van der Waals surface area contributed by atoms with Gasteiger partial charge in [0.15, 0.2) is 0 Å². The largest absolute Gasteiger partial charge is 0.310 e. The Morgan fingerprint density at radius 1 is 1.19 bits per heavy atom. The predicted octanol–water partition coefficient (Wildman–Crippen LogP) is 3.44. The molecule has 27 heavy (non-hydrogen) atoms. The number of carbonyl (C=O) groups excluding carboxylic acids is 1. The molecule has 1 aliphatic heterocycles. The molecule has 0 N–H and O–H groups in total. The minimum atomic E-state index is -3.63. The summed E-state index contributed by atoms with van der Waals surface area (Å²) in [5, 5.41) is 0. The number of carbonyl (C=O) groups is 1. The number of rotatable bonds is 5. The van der Waals surface area contributed by atoms with E-state index in [1.165, 1.54) is 10.6 Å². The van der Waals surface area contributed by atoms with Crippen molar-refractivity contribution in [2.75, 3.05) is 22.0 Å². The van der Waals surface area contributed by atoms with Gasteiger partial charge in [-0.15, -0.1) is 0 Å². The average Bonchev–Trinajstić information content (AvgIpc) is 3.04. The van der Waals surface area contributed by atoms with Gasteiger partial charge >= 0.3 is 0 Å². The van der Waals surface area contributed by atoms with Gasteiger partial charge in [-0.25, -0.2) is 8.42 Å². The molecule has 3 rings (SSSR count). The van der Waals surface area contributed by atoms with Crippen molar-refractivity contribution >= 4 is 27.3 Å². The van der Waals surface area contributed by atoms with Gasteiger partial charge in [0, 0.05) is 12.2 Å². The zero-order valence-electron chi connectivity index (χ0n) is 16.3. The van der Waals surface area contributed by atoms with Gasteiger partial charge in [-0.2, -0.15) is 0 Å². The Labute approximate surface area is 161 Å². The van der Waals surface area contributed by atoms with Gasteiger partial charge in [0.1, 0.15) is 6.04 Å². The first-order valence-corrected chi connectivity index (χ1v) is 11.0. The van der Waals surface area contributed by atoms with E-state index in [0.29, 0.717) is 18.7 Å². The molecule has 0 unspecified atom stereocenters. The molecule has 0 spiro atoms. The fourth-order valence-corrected chi connectivity index (χ4v) is 4.98. The molecule has 0 saturated heterocycles. The number of benzene rings is 2. The highest BCUT2D eigenvalue weighted by molar-refractivity contribution is 7.92. The molecule has 1 amide bonds. The van der Waals surface area contributed by atoms with E-state index < -0.39 is 16.1 Å². The lowest BCUT2D eigenvalue weighted by molar-refractivity contribution is -0.119. The van der Waals surface area contributed by atoms with Gasteiger partial charge in [-0.3, -0.25) is 9.10 Å². The topological polar surface area (TPSA) is 57.7 Å². The Morgan fingerprint density at radius 3 is 2.56 bits per heavy atom. The molecule has 144 valence electrons.